The lowest BCUT2D eigenvalue weighted by Crippen LogP contribution is -2.32. The lowest BCUT2D eigenvalue weighted by molar-refractivity contribution is 0.0529. The van der Waals surface area contributed by atoms with Crippen molar-refractivity contribution in [2.45, 2.75) is 45.6 Å². The van der Waals surface area contributed by atoms with Crippen molar-refractivity contribution in [2.24, 2.45) is 5.92 Å². The number of rotatable bonds is 5. The molecule has 2 rings (SSSR count). The Morgan fingerprint density at radius 2 is 2.12 bits per heavy atom. The van der Waals surface area contributed by atoms with Crippen molar-refractivity contribution in [3.05, 3.63) is 29.6 Å². The molecule has 1 aliphatic rings. The standard InChI is InChI=1S/C19H24FNO3/c1-19(2,3)24-18(22)21-11-5-4-6-15-12-16(20)9-10-17(15)23-13-14-7-8-14/h9-10,12,14H,5,7-8,11,13H2,1-3H3,(H,21,22). The van der Waals surface area contributed by atoms with Crippen molar-refractivity contribution < 1.29 is 18.7 Å². The topological polar surface area (TPSA) is 47.6 Å². The lowest BCUT2D eigenvalue weighted by Gasteiger charge is -2.19. The van der Waals surface area contributed by atoms with Crippen LogP contribution in [0.25, 0.3) is 0 Å². The van der Waals surface area contributed by atoms with Crippen LogP contribution in [-0.2, 0) is 4.74 Å². The Bertz CT molecular complexity index is 636. The molecule has 0 atom stereocenters. The summed E-state index contributed by atoms with van der Waals surface area (Å²) in [4.78, 5) is 11.5. The maximum Gasteiger partial charge on any atom is 0.407 e. The Morgan fingerprint density at radius 1 is 1.38 bits per heavy atom. The molecule has 0 unspecified atom stereocenters. The van der Waals surface area contributed by atoms with E-state index in [1.165, 1.54) is 25.0 Å². The Kier molecular flexibility index (Phi) is 6.08. The molecule has 1 amide bonds. The monoisotopic (exact) mass is 333 g/mol. The van der Waals surface area contributed by atoms with Gasteiger partial charge < -0.3 is 14.8 Å². The SMILES string of the molecule is CC(C)(C)OC(=O)NCCC#Cc1cc(F)ccc1OCC1CC1. The van der Waals surface area contributed by atoms with Gasteiger partial charge in [0.15, 0.2) is 0 Å². The Labute approximate surface area is 142 Å². The Morgan fingerprint density at radius 3 is 2.79 bits per heavy atom. The van der Waals surface area contributed by atoms with Gasteiger partial charge in [-0.3, -0.25) is 0 Å². The zero-order valence-electron chi connectivity index (χ0n) is 14.4. The number of alkyl carbamates (subject to hydrolysis) is 1. The van der Waals surface area contributed by atoms with Gasteiger partial charge in [-0.1, -0.05) is 11.8 Å². The van der Waals surface area contributed by atoms with E-state index < -0.39 is 11.7 Å². The number of hydrogen-bond donors (Lipinski definition) is 1. The summed E-state index contributed by atoms with van der Waals surface area (Å²) in [5.41, 5.74) is 0.0124. The number of ether oxygens (including phenoxy) is 2. The van der Waals surface area contributed by atoms with Gasteiger partial charge in [-0.25, -0.2) is 9.18 Å². The predicted octanol–water partition coefficient (Wildman–Crippen LogP) is 3.88. The molecule has 1 fully saturated rings. The number of amides is 1. The van der Waals surface area contributed by atoms with Gasteiger partial charge in [-0.2, -0.15) is 0 Å². The van der Waals surface area contributed by atoms with Crippen molar-refractivity contribution in [1.29, 1.82) is 0 Å². The maximum atomic E-state index is 13.4. The number of carbonyl (C=O) groups is 1. The molecule has 1 saturated carbocycles. The summed E-state index contributed by atoms with van der Waals surface area (Å²) < 4.78 is 24.2. The van der Waals surface area contributed by atoms with E-state index in [4.69, 9.17) is 9.47 Å². The molecule has 0 saturated heterocycles. The maximum absolute atomic E-state index is 13.4. The molecule has 1 aromatic rings. The molecule has 5 heteroatoms. The van der Waals surface area contributed by atoms with Crippen LogP contribution >= 0.6 is 0 Å². The van der Waals surface area contributed by atoms with E-state index in [1.807, 2.05) is 0 Å². The van der Waals surface area contributed by atoms with Gasteiger partial charge >= 0.3 is 6.09 Å². The van der Waals surface area contributed by atoms with E-state index in [0.717, 1.165) is 0 Å². The van der Waals surface area contributed by atoms with Gasteiger partial charge in [0.25, 0.3) is 0 Å². The normalized spacial score (nSPS) is 13.7. The molecule has 1 N–H and O–H groups in total. The smallest absolute Gasteiger partial charge is 0.407 e. The highest BCUT2D eigenvalue weighted by Crippen LogP contribution is 2.30. The molecule has 1 aliphatic carbocycles. The molecule has 130 valence electrons. The fraction of sp³-hybridized carbons (Fsp3) is 0.526. The molecule has 0 aromatic heterocycles. The van der Waals surface area contributed by atoms with E-state index in [0.29, 0.717) is 36.8 Å². The lowest BCUT2D eigenvalue weighted by atomic mass is 10.2. The summed E-state index contributed by atoms with van der Waals surface area (Å²) in [5, 5.41) is 2.63. The molecule has 0 heterocycles. The van der Waals surface area contributed by atoms with Crippen LogP contribution < -0.4 is 10.1 Å². The van der Waals surface area contributed by atoms with Gasteiger partial charge in [0.05, 0.1) is 12.2 Å². The quantitative estimate of drug-likeness (QED) is 0.657. The molecule has 0 radical (unpaired) electrons. The highest BCUT2D eigenvalue weighted by Gasteiger charge is 2.22. The van der Waals surface area contributed by atoms with Gasteiger partial charge in [-0.05, 0) is 57.7 Å². The minimum atomic E-state index is -0.523. The van der Waals surface area contributed by atoms with Crippen LogP contribution in [0.15, 0.2) is 18.2 Å². The van der Waals surface area contributed by atoms with Crippen LogP contribution in [0.2, 0.25) is 0 Å². The summed E-state index contributed by atoms with van der Waals surface area (Å²) >= 11 is 0. The van der Waals surface area contributed by atoms with Crippen molar-refractivity contribution in [3.8, 4) is 17.6 Å². The molecular formula is C19H24FNO3. The van der Waals surface area contributed by atoms with Crippen molar-refractivity contribution in [2.75, 3.05) is 13.2 Å². The Balaban J connectivity index is 1.83. The van der Waals surface area contributed by atoms with Gasteiger partial charge in [-0.15, -0.1) is 0 Å². The van der Waals surface area contributed by atoms with Crippen LogP contribution in [0.5, 0.6) is 5.75 Å². The van der Waals surface area contributed by atoms with E-state index in [-0.39, 0.29) is 5.82 Å². The summed E-state index contributed by atoms with van der Waals surface area (Å²) in [7, 11) is 0. The van der Waals surface area contributed by atoms with Crippen molar-refractivity contribution in [1.82, 2.24) is 5.32 Å². The minimum absolute atomic E-state index is 0.343. The first-order valence-electron chi connectivity index (χ1n) is 8.21. The number of carbonyl (C=O) groups excluding carboxylic acids is 1. The Hall–Kier alpha value is -2.22. The third-order valence-corrected chi connectivity index (χ3v) is 3.25. The van der Waals surface area contributed by atoms with Gasteiger partial charge in [0, 0.05) is 13.0 Å². The molecule has 4 nitrogen and oxygen atoms in total. The number of benzene rings is 1. The summed E-state index contributed by atoms with van der Waals surface area (Å²) in [5.74, 6) is 6.72. The fourth-order valence-electron chi connectivity index (χ4n) is 1.92. The number of hydrogen-bond acceptors (Lipinski definition) is 3. The first-order chi connectivity index (χ1) is 11.3. The molecule has 24 heavy (non-hydrogen) atoms. The molecular weight excluding hydrogens is 309 g/mol. The van der Waals surface area contributed by atoms with E-state index in [1.54, 1.807) is 26.8 Å². The van der Waals surface area contributed by atoms with Crippen LogP contribution in [0, 0.1) is 23.6 Å². The highest BCUT2D eigenvalue weighted by atomic mass is 19.1. The number of halogens is 1. The second-order valence-electron chi connectivity index (χ2n) is 6.88. The average Bonchev–Trinajstić information content (AvgIpc) is 3.28. The first-order valence-corrected chi connectivity index (χ1v) is 8.21. The van der Waals surface area contributed by atoms with Crippen molar-refractivity contribution in [3.63, 3.8) is 0 Å². The van der Waals surface area contributed by atoms with E-state index in [9.17, 15) is 9.18 Å². The zero-order chi connectivity index (χ0) is 17.6. The second kappa shape index (κ2) is 8.05. The summed E-state index contributed by atoms with van der Waals surface area (Å²) in [6.07, 6.45) is 2.36. The number of nitrogens with one attached hydrogen (secondary N) is 1. The molecule has 0 aliphatic heterocycles. The third kappa shape index (κ3) is 6.91. The van der Waals surface area contributed by atoms with Crippen LogP contribution in [-0.4, -0.2) is 24.8 Å². The van der Waals surface area contributed by atoms with E-state index in [2.05, 4.69) is 17.2 Å². The zero-order valence-corrected chi connectivity index (χ0v) is 14.4. The van der Waals surface area contributed by atoms with Crippen molar-refractivity contribution >= 4 is 6.09 Å². The van der Waals surface area contributed by atoms with E-state index >= 15 is 0 Å². The van der Waals surface area contributed by atoms with Gasteiger partial charge in [0.1, 0.15) is 17.2 Å². The van der Waals surface area contributed by atoms with Crippen LogP contribution in [0.4, 0.5) is 9.18 Å². The highest BCUT2D eigenvalue weighted by molar-refractivity contribution is 5.67. The third-order valence-electron chi connectivity index (χ3n) is 3.25. The second-order valence-corrected chi connectivity index (χ2v) is 6.88. The first kappa shape index (κ1) is 18.1. The summed E-state index contributed by atoms with van der Waals surface area (Å²) in [6, 6.07) is 4.36. The average molecular weight is 333 g/mol. The minimum Gasteiger partial charge on any atom is -0.492 e. The molecule has 0 bridgehead atoms. The molecule has 1 aromatic carbocycles. The molecule has 0 spiro atoms. The predicted molar refractivity (Wildman–Crippen MR) is 90.4 cm³/mol. The largest absolute Gasteiger partial charge is 0.492 e. The van der Waals surface area contributed by atoms with Gasteiger partial charge in [0.2, 0.25) is 0 Å². The van der Waals surface area contributed by atoms with Crippen LogP contribution in [0.1, 0.15) is 45.6 Å². The summed E-state index contributed by atoms with van der Waals surface area (Å²) in [6.45, 7) is 6.44. The van der Waals surface area contributed by atoms with Crippen LogP contribution in [0.3, 0.4) is 0 Å². The fourth-order valence-corrected chi connectivity index (χ4v) is 1.92.